The molecule has 0 radical (unpaired) electrons. The first-order valence-electron chi connectivity index (χ1n) is 16.6. The van der Waals surface area contributed by atoms with Crippen LogP contribution >= 0.6 is 0 Å². The van der Waals surface area contributed by atoms with Crippen LogP contribution in [0.3, 0.4) is 0 Å². The van der Waals surface area contributed by atoms with Crippen LogP contribution in [0, 0.1) is 27.7 Å². The zero-order chi connectivity index (χ0) is 34.1. The number of fused-ring (bicyclic) bond motifs is 2. The van der Waals surface area contributed by atoms with Gasteiger partial charge in [-0.1, -0.05) is 48.5 Å². The lowest BCUT2D eigenvalue weighted by molar-refractivity contribution is 0.0599. The van der Waals surface area contributed by atoms with Crippen LogP contribution in [0.15, 0.2) is 91.0 Å². The predicted octanol–water partition coefficient (Wildman–Crippen LogP) is 10.3. The van der Waals surface area contributed by atoms with Gasteiger partial charge in [0.2, 0.25) is 0 Å². The second-order valence-electron chi connectivity index (χ2n) is 12.3. The maximum atomic E-state index is 13.2. The van der Waals surface area contributed by atoms with E-state index < -0.39 is 0 Å². The molecule has 0 spiro atoms. The number of ether oxygens (including phenoxy) is 3. The van der Waals surface area contributed by atoms with E-state index in [0.29, 0.717) is 17.1 Å². The molecule has 0 amide bonds. The lowest BCUT2D eigenvalue weighted by atomic mass is 9.80. The second-order valence-corrected chi connectivity index (χ2v) is 12.3. The van der Waals surface area contributed by atoms with E-state index in [1.54, 1.807) is 7.11 Å². The Morgan fingerprint density at radius 2 is 1.31 bits per heavy atom. The first-order valence-corrected chi connectivity index (χ1v) is 16.6. The van der Waals surface area contributed by atoms with Crippen molar-refractivity contribution in [2.24, 2.45) is 0 Å². The van der Waals surface area contributed by atoms with E-state index in [4.69, 9.17) is 14.2 Å². The summed E-state index contributed by atoms with van der Waals surface area (Å²) in [5, 5.41) is 0. The third-order valence-corrected chi connectivity index (χ3v) is 9.83. The van der Waals surface area contributed by atoms with Crippen molar-refractivity contribution in [3.63, 3.8) is 0 Å². The van der Waals surface area contributed by atoms with Crippen molar-refractivity contribution in [2.75, 3.05) is 37.1 Å². The Morgan fingerprint density at radius 1 is 0.688 bits per heavy atom. The Kier molecular flexibility index (Phi) is 9.18. The lowest BCUT2D eigenvalue weighted by Gasteiger charge is -2.35. The first-order chi connectivity index (χ1) is 23.2. The predicted molar refractivity (Wildman–Crippen MR) is 195 cm³/mol. The van der Waals surface area contributed by atoms with Crippen molar-refractivity contribution >= 4 is 28.7 Å². The second kappa shape index (κ2) is 13.5. The van der Waals surface area contributed by atoms with Gasteiger partial charge in [-0.25, -0.2) is 4.79 Å². The largest absolute Gasteiger partial charge is 0.494 e. The van der Waals surface area contributed by atoms with Crippen LogP contribution in [0.2, 0.25) is 0 Å². The molecule has 246 valence electrons. The van der Waals surface area contributed by atoms with Gasteiger partial charge in [0.15, 0.2) is 0 Å². The van der Waals surface area contributed by atoms with E-state index in [9.17, 15) is 4.79 Å². The van der Waals surface area contributed by atoms with Gasteiger partial charge in [0.05, 0.1) is 25.5 Å². The molecule has 5 aromatic carbocycles. The number of esters is 1. The minimum atomic E-state index is -0.374. The minimum absolute atomic E-state index is 0.312. The molecule has 6 heteroatoms. The third kappa shape index (κ3) is 5.66. The zero-order valence-electron chi connectivity index (χ0n) is 29.2. The highest BCUT2D eigenvalue weighted by Crippen LogP contribution is 2.54. The van der Waals surface area contributed by atoms with Gasteiger partial charge in [-0.15, -0.1) is 0 Å². The molecule has 0 aliphatic carbocycles. The fraction of sp³-hybridized carbons (Fsp3) is 0.262. The third-order valence-electron chi connectivity index (χ3n) is 9.83. The van der Waals surface area contributed by atoms with Crippen LogP contribution < -0.4 is 19.3 Å². The molecule has 1 atom stereocenters. The van der Waals surface area contributed by atoms with Crippen molar-refractivity contribution in [1.82, 2.24) is 0 Å². The molecule has 0 bridgehead atoms. The van der Waals surface area contributed by atoms with Crippen LogP contribution in [-0.4, -0.2) is 33.3 Å². The van der Waals surface area contributed by atoms with Crippen LogP contribution in [0.5, 0.6) is 17.2 Å². The Hall–Kier alpha value is -5.23. The topological polar surface area (TPSA) is 51.2 Å². The fourth-order valence-electron chi connectivity index (χ4n) is 6.86. The highest BCUT2D eigenvalue weighted by Gasteiger charge is 2.34. The summed E-state index contributed by atoms with van der Waals surface area (Å²) in [5.41, 5.74) is 12.1. The average molecular weight is 641 g/mol. The minimum Gasteiger partial charge on any atom is -0.494 e. The number of hydrogen-bond donors (Lipinski definition) is 0. The Labute approximate surface area is 284 Å². The normalized spacial score (nSPS) is 13.2. The van der Waals surface area contributed by atoms with Crippen molar-refractivity contribution in [2.45, 2.75) is 47.5 Å². The number of aryl methyl sites for hydroxylation is 2. The van der Waals surface area contributed by atoms with E-state index in [1.165, 1.54) is 29.4 Å². The van der Waals surface area contributed by atoms with Gasteiger partial charge in [0, 0.05) is 59.3 Å². The summed E-state index contributed by atoms with van der Waals surface area (Å²) in [4.78, 5) is 17.8. The van der Waals surface area contributed by atoms with Gasteiger partial charge >= 0.3 is 5.97 Å². The Morgan fingerprint density at radius 3 is 1.92 bits per heavy atom. The molecule has 6 rings (SSSR count). The van der Waals surface area contributed by atoms with E-state index >= 15 is 0 Å². The smallest absolute Gasteiger partial charge is 0.338 e. The summed E-state index contributed by atoms with van der Waals surface area (Å²) in [6.45, 7) is 14.7. The number of carbonyl (C=O) groups excluding carboxylic acids is 1. The van der Waals surface area contributed by atoms with E-state index in [0.717, 1.165) is 58.3 Å². The molecule has 1 aliphatic rings. The zero-order valence-corrected chi connectivity index (χ0v) is 29.2. The van der Waals surface area contributed by atoms with Gasteiger partial charge in [0.1, 0.15) is 17.2 Å². The van der Waals surface area contributed by atoms with Gasteiger partial charge < -0.3 is 24.0 Å². The quantitative estimate of drug-likeness (QED) is 0.147. The molecule has 0 aromatic heterocycles. The highest BCUT2D eigenvalue weighted by atomic mass is 16.5. The maximum absolute atomic E-state index is 13.2. The molecule has 1 heterocycles. The van der Waals surface area contributed by atoms with Crippen LogP contribution in [0.25, 0.3) is 0 Å². The summed E-state index contributed by atoms with van der Waals surface area (Å²) in [5.74, 6) is 1.44. The van der Waals surface area contributed by atoms with Crippen LogP contribution in [-0.2, 0) is 4.74 Å². The molecule has 5 aromatic rings. The summed E-state index contributed by atoms with van der Waals surface area (Å²) in [6, 6.07) is 31.1. The molecule has 0 saturated carbocycles. The fourth-order valence-corrected chi connectivity index (χ4v) is 6.86. The van der Waals surface area contributed by atoms with Crippen molar-refractivity contribution in [3.8, 4) is 17.2 Å². The van der Waals surface area contributed by atoms with Crippen molar-refractivity contribution in [3.05, 3.63) is 136 Å². The first kappa shape index (κ1) is 32.7. The molecule has 6 nitrogen and oxygen atoms in total. The highest BCUT2D eigenvalue weighted by molar-refractivity contribution is 5.92. The summed E-state index contributed by atoms with van der Waals surface area (Å²) >= 11 is 0. The summed E-state index contributed by atoms with van der Waals surface area (Å²) in [6.07, 6.45) is 0. The van der Waals surface area contributed by atoms with Gasteiger partial charge in [-0.2, -0.15) is 0 Å². The van der Waals surface area contributed by atoms with Crippen LogP contribution in [0.4, 0.5) is 22.7 Å². The van der Waals surface area contributed by atoms with E-state index in [-0.39, 0.29) is 11.9 Å². The number of benzene rings is 5. The molecule has 48 heavy (non-hydrogen) atoms. The summed E-state index contributed by atoms with van der Waals surface area (Å²) < 4.78 is 18.2. The number of rotatable bonds is 9. The molecule has 0 fully saturated rings. The monoisotopic (exact) mass is 640 g/mol. The number of methoxy groups -OCH3 is 2. The van der Waals surface area contributed by atoms with Crippen LogP contribution in [0.1, 0.15) is 69.1 Å². The van der Waals surface area contributed by atoms with Gasteiger partial charge in [0.25, 0.3) is 0 Å². The molecule has 1 unspecified atom stereocenters. The summed E-state index contributed by atoms with van der Waals surface area (Å²) in [7, 11) is 3.13. The standard InChI is InChI=1S/C42H44N2O4/c1-9-43(10-2)30-21-22-33-38(23-30)48-39-25-40(46-7)37(24-34(39)41(33)31-17-11-12-18-32(31)42(45)47-8)44(35-19-13-15-26(3)28(35)5)36-20-14-16-27(4)29(36)6/h11-25,41H,9-10H2,1-8H3. The average Bonchev–Trinajstić information content (AvgIpc) is 3.10. The van der Waals surface area contributed by atoms with Crippen molar-refractivity contribution in [1.29, 1.82) is 0 Å². The molecule has 1 aliphatic heterocycles. The number of carbonyl (C=O) groups is 1. The number of hydrogen-bond acceptors (Lipinski definition) is 6. The molecule has 0 N–H and O–H groups in total. The van der Waals surface area contributed by atoms with E-state index in [2.05, 4.69) is 112 Å². The maximum Gasteiger partial charge on any atom is 0.338 e. The lowest BCUT2D eigenvalue weighted by Crippen LogP contribution is -2.22. The van der Waals surface area contributed by atoms with Gasteiger partial charge in [-0.05, 0) is 99.7 Å². The number of nitrogens with zero attached hydrogens (tertiary/aromatic N) is 2. The van der Waals surface area contributed by atoms with Gasteiger partial charge in [-0.3, -0.25) is 0 Å². The van der Waals surface area contributed by atoms with Crippen molar-refractivity contribution < 1.29 is 19.0 Å². The SMILES string of the molecule is CCN(CC)c1ccc2c(c1)Oc1cc(OC)c(N(c3cccc(C)c3C)c3cccc(C)c3C)cc1C2c1ccccc1C(=O)OC. The Balaban J connectivity index is 1.66. The number of anilines is 4. The Bertz CT molecular complexity index is 1940. The molecule has 0 saturated heterocycles. The molecular weight excluding hydrogens is 596 g/mol. The molecular formula is C42H44N2O4. The van der Waals surface area contributed by atoms with E-state index in [1.807, 2.05) is 30.3 Å².